The zero-order chi connectivity index (χ0) is 13.0. The molecule has 2 nitrogen and oxygen atoms in total. The largest absolute Gasteiger partial charge is 0.489 e. The van der Waals surface area contributed by atoms with Gasteiger partial charge in [-0.25, -0.2) is 0 Å². The number of halogens is 2. The van der Waals surface area contributed by atoms with Crippen LogP contribution in [0.5, 0.6) is 5.75 Å². The molecule has 0 fully saturated rings. The third-order valence-electron chi connectivity index (χ3n) is 2.50. The summed E-state index contributed by atoms with van der Waals surface area (Å²) in [6.45, 7) is 0.479. The summed E-state index contributed by atoms with van der Waals surface area (Å²) in [5.41, 5.74) is 1.90. The Hall–Kier alpha value is -0.590. The van der Waals surface area contributed by atoms with E-state index in [0.29, 0.717) is 6.61 Å². The van der Waals surface area contributed by atoms with E-state index < -0.39 is 0 Å². The normalized spacial score (nSPS) is 10.4. The van der Waals surface area contributed by atoms with Gasteiger partial charge in [-0.15, -0.1) is 0 Å². The van der Waals surface area contributed by atoms with Crippen LogP contribution < -0.4 is 4.74 Å². The van der Waals surface area contributed by atoms with Crippen LogP contribution in [0.25, 0.3) is 0 Å². The average molecular weight is 419 g/mol. The lowest BCUT2D eigenvalue weighted by Crippen LogP contribution is -1.98. The molecule has 18 heavy (non-hydrogen) atoms. The third kappa shape index (κ3) is 3.70. The zero-order valence-corrected chi connectivity index (χ0v) is 13.3. The lowest BCUT2D eigenvalue weighted by atomic mass is 10.2. The number of benzene rings is 2. The second kappa shape index (κ2) is 6.54. The summed E-state index contributed by atoms with van der Waals surface area (Å²) in [6.07, 6.45) is 0. The number of ether oxygens (including phenoxy) is 1. The highest BCUT2D eigenvalue weighted by molar-refractivity contribution is 14.1. The van der Waals surface area contributed by atoms with Gasteiger partial charge < -0.3 is 9.84 Å². The Morgan fingerprint density at radius 3 is 2.50 bits per heavy atom. The van der Waals surface area contributed by atoms with E-state index in [1.54, 1.807) is 0 Å². The number of hydrogen-bond acceptors (Lipinski definition) is 2. The van der Waals surface area contributed by atoms with E-state index in [-0.39, 0.29) is 6.61 Å². The minimum Gasteiger partial charge on any atom is -0.489 e. The molecule has 94 valence electrons. The Morgan fingerprint density at radius 1 is 1.11 bits per heavy atom. The number of aliphatic hydroxyl groups is 1. The maximum atomic E-state index is 9.27. The monoisotopic (exact) mass is 418 g/mol. The molecule has 0 aromatic heterocycles. The van der Waals surface area contributed by atoms with Gasteiger partial charge in [0.2, 0.25) is 0 Å². The SMILES string of the molecule is OCc1cc(Br)ccc1OCc1ccc(I)cc1. The molecule has 0 aliphatic heterocycles. The fourth-order valence-corrected chi connectivity index (χ4v) is 2.32. The van der Waals surface area contributed by atoms with Crippen molar-refractivity contribution < 1.29 is 9.84 Å². The first-order chi connectivity index (χ1) is 8.69. The Labute approximate surface area is 128 Å². The lowest BCUT2D eigenvalue weighted by molar-refractivity contribution is 0.259. The van der Waals surface area contributed by atoms with E-state index in [9.17, 15) is 5.11 Å². The van der Waals surface area contributed by atoms with Crippen LogP contribution in [0.4, 0.5) is 0 Å². The molecule has 0 saturated carbocycles. The van der Waals surface area contributed by atoms with Crippen molar-refractivity contribution >= 4 is 38.5 Å². The highest BCUT2D eigenvalue weighted by atomic mass is 127. The van der Waals surface area contributed by atoms with E-state index in [4.69, 9.17) is 4.74 Å². The van der Waals surface area contributed by atoms with Gasteiger partial charge in [-0.3, -0.25) is 0 Å². The Bertz CT molecular complexity index is 526. The second-order valence-corrected chi connectivity index (χ2v) is 5.99. The molecule has 0 aliphatic carbocycles. The predicted octanol–water partition coefficient (Wildman–Crippen LogP) is 4.13. The van der Waals surface area contributed by atoms with Crippen molar-refractivity contribution in [2.75, 3.05) is 0 Å². The number of aliphatic hydroxyl groups excluding tert-OH is 1. The van der Waals surface area contributed by atoms with Gasteiger partial charge >= 0.3 is 0 Å². The molecule has 2 rings (SSSR count). The van der Waals surface area contributed by atoms with Gasteiger partial charge in [-0.05, 0) is 58.5 Å². The van der Waals surface area contributed by atoms with Crippen LogP contribution in [-0.2, 0) is 13.2 Å². The van der Waals surface area contributed by atoms with Gasteiger partial charge in [0, 0.05) is 13.6 Å². The van der Waals surface area contributed by atoms with Gasteiger partial charge in [0.15, 0.2) is 0 Å². The fraction of sp³-hybridized carbons (Fsp3) is 0.143. The molecule has 0 amide bonds. The topological polar surface area (TPSA) is 29.5 Å². The minimum atomic E-state index is -0.0263. The fourth-order valence-electron chi connectivity index (χ4n) is 1.55. The Balaban J connectivity index is 2.08. The molecule has 0 saturated heterocycles. The van der Waals surface area contributed by atoms with Crippen LogP contribution in [0.3, 0.4) is 0 Å². The summed E-state index contributed by atoms with van der Waals surface area (Å²) in [5.74, 6) is 0.722. The summed E-state index contributed by atoms with van der Waals surface area (Å²) in [5, 5.41) is 9.27. The van der Waals surface area contributed by atoms with Crippen molar-refractivity contribution in [2.24, 2.45) is 0 Å². The van der Waals surface area contributed by atoms with E-state index >= 15 is 0 Å². The molecule has 0 aliphatic rings. The highest BCUT2D eigenvalue weighted by Gasteiger charge is 2.04. The van der Waals surface area contributed by atoms with Crippen LogP contribution >= 0.6 is 38.5 Å². The van der Waals surface area contributed by atoms with Crippen LogP contribution in [0, 0.1) is 3.57 Å². The lowest BCUT2D eigenvalue weighted by Gasteiger charge is -2.10. The third-order valence-corrected chi connectivity index (χ3v) is 3.71. The Kier molecular flexibility index (Phi) is 5.03. The van der Waals surface area contributed by atoms with Gasteiger partial charge in [-0.2, -0.15) is 0 Å². The van der Waals surface area contributed by atoms with Crippen molar-refractivity contribution in [1.82, 2.24) is 0 Å². The van der Waals surface area contributed by atoms with Gasteiger partial charge in [0.1, 0.15) is 12.4 Å². The standard InChI is InChI=1S/C14H12BrIO2/c15-12-3-6-14(11(7-12)8-17)18-9-10-1-4-13(16)5-2-10/h1-7,17H,8-9H2. The Morgan fingerprint density at radius 2 is 1.83 bits per heavy atom. The van der Waals surface area contributed by atoms with Crippen LogP contribution in [0.15, 0.2) is 46.9 Å². The molecule has 0 atom stereocenters. The van der Waals surface area contributed by atoms with Crippen LogP contribution in [0.2, 0.25) is 0 Å². The van der Waals surface area contributed by atoms with Crippen molar-refractivity contribution in [3.63, 3.8) is 0 Å². The van der Waals surface area contributed by atoms with Gasteiger partial charge in [-0.1, -0.05) is 28.1 Å². The summed E-state index contributed by atoms with van der Waals surface area (Å²) >= 11 is 5.65. The minimum absolute atomic E-state index is 0.0263. The van der Waals surface area contributed by atoms with Crippen molar-refractivity contribution in [1.29, 1.82) is 0 Å². The van der Waals surface area contributed by atoms with Gasteiger partial charge in [0.05, 0.1) is 6.61 Å². The summed E-state index contributed by atoms with van der Waals surface area (Å²) in [4.78, 5) is 0. The number of hydrogen-bond donors (Lipinski definition) is 1. The van der Waals surface area contributed by atoms with Crippen molar-refractivity contribution in [3.05, 3.63) is 61.6 Å². The average Bonchev–Trinajstić information content (AvgIpc) is 2.39. The zero-order valence-electron chi connectivity index (χ0n) is 9.57. The molecule has 2 aromatic rings. The molecular formula is C14H12BrIO2. The van der Waals surface area contributed by atoms with Crippen molar-refractivity contribution in [3.8, 4) is 5.75 Å². The van der Waals surface area contributed by atoms with E-state index in [1.165, 1.54) is 3.57 Å². The van der Waals surface area contributed by atoms with Crippen LogP contribution in [-0.4, -0.2) is 5.11 Å². The van der Waals surface area contributed by atoms with E-state index in [0.717, 1.165) is 21.3 Å². The molecule has 2 aromatic carbocycles. The maximum absolute atomic E-state index is 9.27. The molecular weight excluding hydrogens is 407 g/mol. The summed E-state index contributed by atoms with van der Waals surface area (Å²) < 4.78 is 7.87. The van der Waals surface area contributed by atoms with E-state index in [1.807, 2.05) is 42.5 Å². The molecule has 0 bridgehead atoms. The van der Waals surface area contributed by atoms with Crippen LogP contribution in [0.1, 0.15) is 11.1 Å². The highest BCUT2D eigenvalue weighted by Crippen LogP contribution is 2.24. The summed E-state index contributed by atoms with van der Waals surface area (Å²) in [7, 11) is 0. The first kappa shape index (κ1) is 13.8. The second-order valence-electron chi connectivity index (χ2n) is 3.83. The summed E-state index contributed by atoms with van der Waals surface area (Å²) in [6, 6.07) is 13.8. The maximum Gasteiger partial charge on any atom is 0.125 e. The first-order valence-corrected chi connectivity index (χ1v) is 7.33. The molecule has 4 heteroatoms. The number of rotatable bonds is 4. The molecule has 0 heterocycles. The van der Waals surface area contributed by atoms with Gasteiger partial charge in [0.25, 0.3) is 0 Å². The predicted molar refractivity (Wildman–Crippen MR) is 83.6 cm³/mol. The van der Waals surface area contributed by atoms with Crippen molar-refractivity contribution in [2.45, 2.75) is 13.2 Å². The smallest absolute Gasteiger partial charge is 0.125 e. The molecule has 0 radical (unpaired) electrons. The molecule has 0 spiro atoms. The van der Waals surface area contributed by atoms with E-state index in [2.05, 4.69) is 38.5 Å². The molecule has 0 unspecified atom stereocenters. The first-order valence-electron chi connectivity index (χ1n) is 5.45. The quantitative estimate of drug-likeness (QED) is 0.756. The molecule has 1 N–H and O–H groups in total.